The third-order valence-electron chi connectivity index (χ3n) is 2.48. The number of carbonyl (C=O) groups is 2. The molecule has 0 saturated heterocycles. The number of aryl methyl sites for hydroxylation is 1. The minimum absolute atomic E-state index is 0.0252. The van der Waals surface area contributed by atoms with E-state index in [0.717, 1.165) is 0 Å². The summed E-state index contributed by atoms with van der Waals surface area (Å²) in [7, 11) is 1.17. The van der Waals surface area contributed by atoms with E-state index in [1.165, 1.54) is 17.7 Å². The van der Waals surface area contributed by atoms with Gasteiger partial charge < -0.3 is 19.7 Å². The van der Waals surface area contributed by atoms with E-state index >= 15 is 0 Å². The van der Waals surface area contributed by atoms with Crippen molar-refractivity contribution in [3.8, 4) is 0 Å². The number of hydrogen-bond donors (Lipinski definition) is 2. The maximum Gasteiger partial charge on any atom is 0.330 e. The highest BCUT2D eigenvalue weighted by Crippen LogP contribution is 1.92. The Morgan fingerprint density at radius 2 is 2.21 bits per heavy atom. The van der Waals surface area contributed by atoms with E-state index < -0.39 is 24.5 Å². The lowest BCUT2D eigenvalue weighted by Gasteiger charge is -2.13. The molecule has 1 rings (SSSR count). The molecule has 0 saturated carbocycles. The molecule has 0 aliphatic heterocycles. The molecule has 0 fully saturated rings. The number of esters is 1. The van der Waals surface area contributed by atoms with Crippen molar-refractivity contribution in [2.75, 3.05) is 13.7 Å². The van der Waals surface area contributed by atoms with Gasteiger partial charge in [0.25, 0.3) is 5.56 Å². The number of nitrogens with one attached hydrogen (secondary N) is 1. The first-order valence-corrected chi connectivity index (χ1v) is 5.72. The molecule has 19 heavy (non-hydrogen) atoms. The van der Waals surface area contributed by atoms with Crippen molar-refractivity contribution < 1.29 is 19.4 Å². The molecule has 0 spiro atoms. The summed E-state index contributed by atoms with van der Waals surface area (Å²) in [4.78, 5) is 34.1. The van der Waals surface area contributed by atoms with Crippen molar-refractivity contribution in [3.63, 3.8) is 0 Å². The molecular formula is C12H16N2O5. The van der Waals surface area contributed by atoms with Gasteiger partial charge in [0.15, 0.2) is 6.04 Å². The summed E-state index contributed by atoms with van der Waals surface area (Å²) < 4.78 is 5.80. The second-order valence-corrected chi connectivity index (χ2v) is 3.81. The Balaban J connectivity index is 2.50. The highest BCUT2D eigenvalue weighted by atomic mass is 16.5. The summed E-state index contributed by atoms with van der Waals surface area (Å²) in [6.07, 6.45) is 1.59. The van der Waals surface area contributed by atoms with Crippen LogP contribution in [-0.2, 0) is 20.9 Å². The molecule has 0 aromatic carbocycles. The van der Waals surface area contributed by atoms with Crippen LogP contribution < -0.4 is 10.9 Å². The van der Waals surface area contributed by atoms with Gasteiger partial charge in [0.05, 0.1) is 13.7 Å². The van der Waals surface area contributed by atoms with Crippen LogP contribution in [0.25, 0.3) is 0 Å². The summed E-state index contributed by atoms with van der Waals surface area (Å²) >= 11 is 0. The van der Waals surface area contributed by atoms with Gasteiger partial charge in [-0.3, -0.25) is 9.59 Å². The zero-order valence-electron chi connectivity index (χ0n) is 10.5. The van der Waals surface area contributed by atoms with Crippen LogP contribution in [0.5, 0.6) is 0 Å². The quantitative estimate of drug-likeness (QED) is 0.637. The molecule has 1 atom stereocenters. The summed E-state index contributed by atoms with van der Waals surface area (Å²) in [5, 5.41) is 11.3. The Morgan fingerprint density at radius 3 is 2.79 bits per heavy atom. The molecule has 2 N–H and O–H groups in total. The highest BCUT2D eigenvalue weighted by Gasteiger charge is 2.19. The summed E-state index contributed by atoms with van der Waals surface area (Å²) in [5.41, 5.74) is -0.207. The smallest absolute Gasteiger partial charge is 0.330 e. The molecule has 0 bridgehead atoms. The number of aliphatic hydroxyl groups excluding tert-OH is 1. The number of aromatic nitrogens is 1. The number of methoxy groups -OCH3 is 1. The lowest BCUT2D eigenvalue weighted by molar-refractivity contribution is -0.146. The van der Waals surface area contributed by atoms with Crippen LogP contribution in [0.3, 0.4) is 0 Å². The topological polar surface area (TPSA) is 97.6 Å². The fraction of sp³-hybridized carbons (Fsp3) is 0.417. The summed E-state index contributed by atoms with van der Waals surface area (Å²) in [5.74, 6) is -1.16. The predicted molar refractivity (Wildman–Crippen MR) is 66.4 cm³/mol. The van der Waals surface area contributed by atoms with Gasteiger partial charge in [-0.05, 0) is 6.07 Å². The highest BCUT2D eigenvalue weighted by molar-refractivity contribution is 5.84. The zero-order chi connectivity index (χ0) is 14.3. The molecule has 0 radical (unpaired) electrons. The summed E-state index contributed by atoms with van der Waals surface area (Å²) in [6, 6.07) is 3.61. The molecule has 0 aliphatic rings. The molecule has 1 aromatic rings. The van der Waals surface area contributed by atoms with Gasteiger partial charge in [0.1, 0.15) is 0 Å². The van der Waals surface area contributed by atoms with E-state index in [-0.39, 0.29) is 18.5 Å². The van der Waals surface area contributed by atoms with Crippen molar-refractivity contribution in [3.05, 3.63) is 34.7 Å². The minimum atomic E-state index is -1.08. The standard InChI is InChI=1S/C12H16N2O5/c1-19-12(18)9(8-15)13-10(16)5-7-14-6-3-2-4-11(14)17/h2-4,6,9,15H,5,7-8H2,1H3,(H,13,16). The van der Waals surface area contributed by atoms with E-state index in [9.17, 15) is 14.4 Å². The van der Waals surface area contributed by atoms with Crippen LogP contribution >= 0.6 is 0 Å². The van der Waals surface area contributed by atoms with Crippen molar-refractivity contribution >= 4 is 11.9 Å². The first-order valence-electron chi connectivity index (χ1n) is 5.72. The van der Waals surface area contributed by atoms with Gasteiger partial charge >= 0.3 is 5.97 Å². The van der Waals surface area contributed by atoms with Crippen molar-refractivity contribution in [1.29, 1.82) is 0 Å². The number of rotatable bonds is 6. The van der Waals surface area contributed by atoms with Crippen LogP contribution in [0.2, 0.25) is 0 Å². The lowest BCUT2D eigenvalue weighted by Crippen LogP contribution is -2.44. The second-order valence-electron chi connectivity index (χ2n) is 3.81. The van der Waals surface area contributed by atoms with Crippen LogP contribution in [0, 0.1) is 0 Å². The van der Waals surface area contributed by atoms with Crippen molar-refractivity contribution in [1.82, 2.24) is 9.88 Å². The van der Waals surface area contributed by atoms with E-state index in [1.807, 2.05) is 0 Å². The molecular weight excluding hydrogens is 252 g/mol. The Labute approximate surface area is 109 Å². The van der Waals surface area contributed by atoms with E-state index in [1.54, 1.807) is 18.3 Å². The number of pyridine rings is 1. The van der Waals surface area contributed by atoms with Crippen LogP contribution in [0.15, 0.2) is 29.2 Å². The van der Waals surface area contributed by atoms with Crippen LogP contribution in [0.4, 0.5) is 0 Å². The minimum Gasteiger partial charge on any atom is -0.467 e. The molecule has 1 amide bonds. The van der Waals surface area contributed by atoms with Crippen LogP contribution in [0.1, 0.15) is 6.42 Å². The first-order chi connectivity index (χ1) is 9.08. The maximum atomic E-state index is 11.6. The van der Waals surface area contributed by atoms with E-state index in [4.69, 9.17) is 5.11 Å². The number of nitrogens with zero attached hydrogens (tertiary/aromatic N) is 1. The summed E-state index contributed by atoms with van der Waals surface area (Å²) in [6.45, 7) is -0.339. The van der Waals surface area contributed by atoms with Gasteiger partial charge in [0, 0.05) is 25.2 Å². The number of aliphatic hydroxyl groups is 1. The van der Waals surface area contributed by atoms with Gasteiger partial charge in [0.2, 0.25) is 5.91 Å². The Bertz CT molecular complexity index is 497. The SMILES string of the molecule is COC(=O)C(CO)NC(=O)CCn1ccccc1=O. The Morgan fingerprint density at radius 1 is 1.47 bits per heavy atom. The zero-order valence-corrected chi connectivity index (χ0v) is 10.5. The fourth-order valence-corrected chi connectivity index (χ4v) is 1.46. The molecule has 104 valence electrons. The third-order valence-corrected chi connectivity index (χ3v) is 2.48. The molecule has 1 aromatic heterocycles. The van der Waals surface area contributed by atoms with Gasteiger partial charge in [-0.15, -0.1) is 0 Å². The number of carbonyl (C=O) groups excluding carboxylic acids is 2. The number of amides is 1. The van der Waals surface area contributed by atoms with Crippen molar-refractivity contribution in [2.45, 2.75) is 19.0 Å². The molecule has 0 aliphatic carbocycles. The maximum absolute atomic E-state index is 11.6. The number of hydrogen-bond acceptors (Lipinski definition) is 5. The van der Waals surface area contributed by atoms with Crippen molar-refractivity contribution in [2.24, 2.45) is 0 Å². The monoisotopic (exact) mass is 268 g/mol. The molecule has 7 nitrogen and oxygen atoms in total. The van der Waals surface area contributed by atoms with E-state index in [2.05, 4.69) is 10.1 Å². The lowest BCUT2D eigenvalue weighted by atomic mass is 10.3. The molecule has 1 unspecified atom stereocenters. The third kappa shape index (κ3) is 4.55. The number of ether oxygens (including phenoxy) is 1. The Hall–Kier alpha value is -2.15. The average molecular weight is 268 g/mol. The van der Waals surface area contributed by atoms with Gasteiger partial charge in [-0.25, -0.2) is 4.79 Å². The van der Waals surface area contributed by atoms with Gasteiger partial charge in [-0.2, -0.15) is 0 Å². The van der Waals surface area contributed by atoms with E-state index in [0.29, 0.717) is 0 Å². The normalized spacial score (nSPS) is 11.7. The second kappa shape index (κ2) is 7.32. The average Bonchev–Trinajstić information content (AvgIpc) is 2.43. The van der Waals surface area contributed by atoms with Gasteiger partial charge in [-0.1, -0.05) is 6.07 Å². The first kappa shape index (κ1) is 14.9. The fourth-order valence-electron chi connectivity index (χ4n) is 1.46. The molecule has 7 heteroatoms. The largest absolute Gasteiger partial charge is 0.467 e. The molecule has 1 heterocycles. The van der Waals surface area contributed by atoms with Crippen LogP contribution in [-0.4, -0.2) is 41.3 Å². The predicted octanol–water partition coefficient (Wildman–Crippen LogP) is -1.11. The Kier molecular flexibility index (Phi) is 5.74.